The van der Waals surface area contributed by atoms with Crippen LogP contribution in [0.2, 0.25) is 0 Å². The van der Waals surface area contributed by atoms with Gasteiger partial charge in [-0.15, -0.1) is 0 Å². The van der Waals surface area contributed by atoms with Crippen LogP contribution in [0.4, 0.5) is 0 Å². The average molecular weight is 293 g/mol. The first-order valence-corrected chi connectivity index (χ1v) is 7.21. The van der Waals surface area contributed by atoms with Gasteiger partial charge in [0.15, 0.2) is 0 Å². The molecular formula is C16H23NO4. The van der Waals surface area contributed by atoms with E-state index in [4.69, 9.17) is 15.2 Å². The van der Waals surface area contributed by atoms with Gasteiger partial charge in [-0.1, -0.05) is 30.3 Å². The molecule has 1 atom stereocenters. The first-order chi connectivity index (χ1) is 10.1. The fourth-order valence-electron chi connectivity index (χ4n) is 1.66. The highest BCUT2D eigenvalue weighted by molar-refractivity contribution is 5.74. The van der Waals surface area contributed by atoms with Crippen LogP contribution in [-0.4, -0.2) is 24.6 Å². The molecule has 0 radical (unpaired) electrons. The predicted molar refractivity (Wildman–Crippen MR) is 79.3 cm³/mol. The van der Waals surface area contributed by atoms with Crippen LogP contribution < -0.4 is 5.73 Å². The third kappa shape index (κ3) is 8.09. The third-order valence-electron chi connectivity index (χ3n) is 2.88. The summed E-state index contributed by atoms with van der Waals surface area (Å²) in [5.41, 5.74) is 6.34. The number of rotatable bonds is 9. The van der Waals surface area contributed by atoms with Gasteiger partial charge in [-0.25, -0.2) is 0 Å². The lowest BCUT2D eigenvalue weighted by molar-refractivity contribution is -0.146. The molecule has 0 fully saturated rings. The molecule has 0 unspecified atom stereocenters. The van der Waals surface area contributed by atoms with Crippen molar-refractivity contribution in [2.75, 3.05) is 6.61 Å². The molecule has 0 saturated heterocycles. The fourth-order valence-corrected chi connectivity index (χ4v) is 1.66. The van der Waals surface area contributed by atoms with Crippen LogP contribution in [-0.2, 0) is 25.7 Å². The van der Waals surface area contributed by atoms with Crippen LogP contribution in [0.3, 0.4) is 0 Å². The van der Waals surface area contributed by atoms with Crippen molar-refractivity contribution in [3.8, 4) is 0 Å². The van der Waals surface area contributed by atoms with E-state index in [1.54, 1.807) is 6.92 Å². The Morgan fingerprint density at radius 3 is 2.48 bits per heavy atom. The van der Waals surface area contributed by atoms with Crippen LogP contribution >= 0.6 is 0 Å². The molecule has 0 aliphatic carbocycles. The Balaban J connectivity index is 2.00. The van der Waals surface area contributed by atoms with E-state index < -0.39 is 12.0 Å². The van der Waals surface area contributed by atoms with Crippen LogP contribution in [0, 0.1) is 0 Å². The number of esters is 2. The van der Waals surface area contributed by atoms with Gasteiger partial charge in [0.05, 0.1) is 6.61 Å². The van der Waals surface area contributed by atoms with Gasteiger partial charge in [-0.05, 0) is 31.7 Å². The van der Waals surface area contributed by atoms with Crippen molar-refractivity contribution < 1.29 is 19.1 Å². The molecule has 1 aromatic rings. The molecular weight excluding hydrogens is 270 g/mol. The Kier molecular flexibility index (Phi) is 8.12. The fraction of sp³-hybridized carbons (Fsp3) is 0.500. The van der Waals surface area contributed by atoms with Crippen molar-refractivity contribution in [2.45, 2.75) is 45.3 Å². The monoisotopic (exact) mass is 293 g/mol. The van der Waals surface area contributed by atoms with Crippen LogP contribution in [0.15, 0.2) is 30.3 Å². The van der Waals surface area contributed by atoms with Crippen LogP contribution in [0.5, 0.6) is 0 Å². The summed E-state index contributed by atoms with van der Waals surface area (Å²) in [6.45, 7) is 2.25. The lowest BCUT2D eigenvalue weighted by atomic mass is 10.2. The lowest BCUT2D eigenvalue weighted by Gasteiger charge is -2.07. The number of hydrogen-bond acceptors (Lipinski definition) is 5. The van der Waals surface area contributed by atoms with Gasteiger partial charge < -0.3 is 15.2 Å². The van der Waals surface area contributed by atoms with Gasteiger partial charge in [-0.2, -0.15) is 0 Å². The molecule has 1 rings (SSSR count). The zero-order valence-corrected chi connectivity index (χ0v) is 12.4. The maximum absolute atomic E-state index is 11.5. The first kappa shape index (κ1) is 17.2. The summed E-state index contributed by atoms with van der Waals surface area (Å²) >= 11 is 0. The molecule has 2 N–H and O–H groups in total. The van der Waals surface area contributed by atoms with Crippen molar-refractivity contribution >= 4 is 11.9 Å². The summed E-state index contributed by atoms with van der Waals surface area (Å²) in [4.78, 5) is 22.6. The molecule has 1 aromatic carbocycles. The van der Waals surface area contributed by atoms with Crippen molar-refractivity contribution in [2.24, 2.45) is 5.73 Å². The smallest absolute Gasteiger partial charge is 0.322 e. The summed E-state index contributed by atoms with van der Waals surface area (Å²) in [5, 5.41) is 0. The third-order valence-corrected chi connectivity index (χ3v) is 2.88. The summed E-state index contributed by atoms with van der Waals surface area (Å²) in [6.07, 6.45) is 2.65. The second kappa shape index (κ2) is 9.94. The number of benzene rings is 1. The van der Waals surface area contributed by atoms with E-state index in [1.165, 1.54) is 0 Å². The molecule has 116 valence electrons. The minimum absolute atomic E-state index is 0.202. The summed E-state index contributed by atoms with van der Waals surface area (Å²) in [7, 11) is 0. The van der Waals surface area contributed by atoms with Gasteiger partial charge >= 0.3 is 11.9 Å². The standard InChI is InChI=1S/C16H23NO4/c1-13(17)16(19)20-11-7-3-6-10-15(18)21-12-14-8-4-2-5-9-14/h2,4-5,8-9,13H,3,6-7,10-12,17H2,1H3/t13-/m0/s1. The SMILES string of the molecule is C[C@H](N)C(=O)OCCCCCC(=O)OCc1ccccc1. The van der Waals surface area contributed by atoms with E-state index in [0.717, 1.165) is 24.8 Å². The Morgan fingerprint density at radius 1 is 1.10 bits per heavy atom. The summed E-state index contributed by atoms with van der Waals surface area (Å²) in [6, 6.07) is 8.99. The van der Waals surface area contributed by atoms with Gasteiger partial charge in [0.1, 0.15) is 12.6 Å². The van der Waals surface area contributed by atoms with Crippen molar-refractivity contribution in [1.29, 1.82) is 0 Å². The normalized spacial score (nSPS) is 11.7. The Labute approximate surface area is 125 Å². The summed E-state index contributed by atoms with van der Waals surface area (Å²) in [5.74, 6) is -0.594. The highest BCUT2D eigenvalue weighted by Gasteiger charge is 2.08. The van der Waals surface area contributed by atoms with Gasteiger partial charge in [0.2, 0.25) is 0 Å². The Hall–Kier alpha value is -1.88. The van der Waals surface area contributed by atoms with Crippen molar-refractivity contribution in [1.82, 2.24) is 0 Å². The summed E-state index contributed by atoms with van der Waals surface area (Å²) < 4.78 is 10.1. The molecule has 0 heterocycles. The number of hydrogen-bond donors (Lipinski definition) is 1. The highest BCUT2D eigenvalue weighted by atomic mass is 16.5. The quantitative estimate of drug-likeness (QED) is 0.557. The zero-order valence-electron chi connectivity index (χ0n) is 12.4. The minimum Gasteiger partial charge on any atom is -0.465 e. The van der Waals surface area contributed by atoms with E-state index >= 15 is 0 Å². The highest BCUT2D eigenvalue weighted by Crippen LogP contribution is 2.05. The van der Waals surface area contributed by atoms with E-state index in [1.807, 2.05) is 30.3 Å². The van der Waals surface area contributed by atoms with E-state index in [0.29, 0.717) is 19.6 Å². The number of carbonyl (C=O) groups is 2. The number of ether oxygens (including phenoxy) is 2. The topological polar surface area (TPSA) is 78.6 Å². The van der Waals surface area contributed by atoms with Crippen molar-refractivity contribution in [3.05, 3.63) is 35.9 Å². The van der Waals surface area contributed by atoms with Gasteiger partial charge in [-0.3, -0.25) is 9.59 Å². The number of carbonyl (C=O) groups excluding carboxylic acids is 2. The Bertz CT molecular complexity index is 431. The second-order valence-electron chi connectivity index (χ2n) is 4.91. The van der Waals surface area contributed by atoms with E-state index in [9.17, 15) is 9.59 Å². The molecule has 0 amide bonds. The molecule has 0 saturated carbocycles. The Morgan fingerprint density at radius 2 is 1.81 bits per heavy atom. The van der Waals surface area contributed by atoms with Crippen LogP contribution in [0.25, 0.3) is 0 Å². The van der Waals surface area contributed by atoms with Gasteiger partial charge in [0, 0.05) is 6.42 Å². The lowest BCUT2D eigenvalue weighted by Crippen LogP contribution is -2.28. The van der Waals surface area contributed by atoms with E-state index in [2.05, 4.69) is 0 Å². The molecule has 0 aromatic heterocycles. The van der Waals surface area contributed by atoms with E-state index in [-0.39, 0.29) is 5.97 Å². The predicted octanol–water partition coefficient (Wildman–Crippen LogP) is 2.18. The number of unbranched alkanes of at least 4 members (excludes halogenated alkanes) is 2. The molecule has 5 nitrogen and oxygen atoms in total. The maximum Gasteiger partial charge on any atom is 0.322 e. The number of nitrogens with two attached hydrogens (primary N) is 1. The average Bonchev–Trinajstić information content (AvgIpc) is 2.49. The van der Waals surface area contributed by atoms with Gasteiger partial charge in [0.25, 0.3) is 0 Å². The largest absolute Gasteiger partial charge is 0.465 e. The minimum atomic E-state index is -0.585. The first-order valence-electron chi connectivity index (χ1n) is 7.21. The molecule has 0 aliphatic rings. The molecule has 21 heavy (non-hydrogen) atoms. The molecule has 5 heteroatoms. The molecule has 0 aliphatic heterocycles. The second-order valence-corrected chi connectivity index (χ2v) is 4.91. The molecule has 0 bridgehead atoms. The molecule has 0 spiro atoms. The zero-order chi connectivity index (χ0) is 15.5. The van der Waals surface area contributed by atoms with Crippen LogP contribution in [0.1, 0.15) is 38.2 Å². The maximum atomic E-state index is 11.5. The van der Waals surface area contributed by atoms with Crippen molar-refractivity contribution in [3.63, 3.8) is 0 Å².